The molecule has 23 heavy (non-hydrogen) atoms. The molecule has 1 aliphatic heterocycles. The van der Waals surface area contributed by atoms with Crippen LogP contribution >= 0.6 is 23.2 Å². The highest BCUT2D eigenvalue weighted by Crippen LogP contribution is 2.21. The second-order valence-corrected chi connectivity index (χ2v) is 5.89. The van der Waals surface area contributed by atoms with Gasteiger partial charge in [-0.1, -0.05) is 29.3 Å². The Kier molecular flexibility index (Phi) is 6.89. The van der Waals surface area contributed by atoms with Crippen LogP contribution in [0.15, 0.2) is 24.3 Å². The molecule has 1 atom stereocenters. The third-order valence-electron chi connectivity index (χ3n) is 3.26. The first-order valence-corrected chi connectivity index (χ1v) is 7.98. The van der Waals surface area contributed by atoms with Crippen molar-refractivity contribution >= 4 is 41.2 Å². The number of nitrogens with one attached hydrogen (secondary N) is 1. The molecule has 1 aromatic carbocycles. The molecule has 0 aliphatic carbocycles. The minimum absolute atomic E-state index is 0.0570. The lowest BCUT2D eigenvalue weighted by Gasteiger charge is -2.10. The van der Waals surface area contributed by atoms with E-state index < -0.39 is 5.97 Å². The first-order valence-electron chi connectivity index (χ1n) is 7.23. The summed E-state index contributed by atoms with van der Waals surface area (Å²) < 4.78 is 10.2. The summed E-state index contributed by atoms with van der Waals surface area (Å²) in [6.45, 7) is 0.838. The molecule has 7 heteroatoms. The Balaban J connectivity index is 1.71. The summed E-state index contributed by atoms with van der Waals surface area (Å²) in [6.07, 6.45) is 4.72. The molecule has 1 aromatic rings. The van der Waals surface area contributed by atoms with Gasteiger partial charge < -0.3 is 14.8 Å². The zero-order valence-corrected chi connectivity index (χ0v) is 13.9. The molecule has 1 heterocycles. The normalized spacial score (nSPS) is 17.4. The van der Waals surface area contributed by atoms with E-state index in [1.807, 2.05) is 0 Å². The lowest BCUT2D eigenvalue weighted by molar-refractivity contribution is -0.143. The van der Waals surface area contributed by atoms with Crippen LogP contribution in [-0.2, 0) is 19.1 Å². The van der Waals surface area contributed by atoms with Gasteiger partial charge in [-0.25, -0.2) is 4.79 Å². The molecule has 1 fully saturated rings. The van der Waals surface area contributed by atoms with Gasteiger partial charge in [0.05, 0.1) is 6.10 Å². The van der Waals surface area contributed by atoms with Crippen LogP contribution in [0.25, 0.3) is 6.08 Å². The van der Waals surface area contributed by atoms with Crippen LogP contribution in [0.4, 0.5) is 0 Å². The standard InChI is InChI=1S/C16H17Cl2NO4/c17-12-5-3-11(14(18)8-12)4-6-16(21)23-10-15(20)19-9-13-2-1-7-22-13/h3-6,8,13H,1-2,7,9-10H2,(H,19,20)/b6-4+/t13-/m0/s1. The van der Waals surface area contributed by atoms with Crippen LogP contribution in [0.1, 0.15) is 18.4 Å². The van der Waals surface area contributed by atoms with Gasteiger partial charge in [-0.05, 0) is 36.6 Å². The van der Waals surface area contributed by atoms with E-state index in [0.717, 1.165) is 19.4 Å². The molecular formula is C16H17Cl2NO4. The van der Waals surface area contributed by atoms with Gasteiger partial charge in [0.1, 0.15) is 0 Å². The van der Waals surface area contributed by atoms with Crippen molar-refractivity contribution in [2.75, 3.05) is 19.8 Å². The second-order valence-electron chi connectivity index (χ2n) is 5.05. The molecule has 1 amide bonds. The topological polar surface area (TPSA) is 64.6 Å². The van der Waals surface area contributed by atoms with Gasteiger partial charge in [-0.2, -0.15) is 0 Å². The van der Waals surface area contributed by atoms with Crippen molar-refractivity contribution < 1.29 is 19.1 Å². The molecule has 0 bridgehead atoms. The lowest BCUT2D eigenvalue weighted by atomic mass is 10.2. The van der Waals surface area contributed by atoms with Crippen molar-refractivity contribution in [3.8, 4) is 0 Å². The summed E-state index contributed by atoms with van der Waals surface area (Å²) in [4.78, 5) is 23.1. The lowest BCUT2D eigenvalue weighted by Crippen LogP contribution is -2.34. The third-order valence-corrected chi connectivity index (χ3v) is 3.82. The third kappa shape index (κ3) is 6.22. The molecule has 1 aliphatic rings. The second kappa shape index (κ2) is 8.91. The summed E-state index contributed by atoms with van der Waals surface area (Å²) in [7, 11) is 0. The highest BCUT2D eigenvalue weighted by molar-refractivity contribution is 6.35. The fraction of sp³-hybridized carbons (Fsp3) is 0.375. The van der Waals surface area contributed by atoms with Crippen molar-refractivity contribution in [1.82, 2.24) is 5.32 Å². The molecule has 1 N–H and O–H groups in total. The van der Waals surface area contributed by atoms with Crippen molar-refractivity contribution in [2.24, 2.45) is 0 Å². The molecule has 0 spiro atoms. The summed E-state index contributed by atoms with van der Waals surface area (Å²) in [5.41, 5.74) is 0.635. The molecular weight excluding hydrogens is 341 g/mol. The van der Waals surface area contributed by atoms with Gasteiger partial charge in [0.25, 0.3) is 5.91 Å². The van der Waals surface area contributed by atoms with Crippen LogP contribution in [0.2, 0.25) is 10.0 Å². The number of rotatable bonds is 6. The zero-order valence-electron chi connectivity index (χ0n) is 12.4. The Morgan fingerprint density at radius 2 is 2.22 bits per heavy atom. The van der Waals surface area contributed by atoms with Crippen molar-refractivity contribution in [2.45, 2.75) is 18.9 Å². The van der Waals surface area contributed by atoms with Crippen LogP contribution in [0.5, 0.6) is 0 Å². The average Bonchev–Trinajstić information content (AvgIpc) is 3.03. The van der Waals surface area contributed by atoms with E-state index in [9.17, 15) is 9.59 Å². The maximum atomic E-state index is 11.6. The Labute approximate surface area is 144 Å². The van der Waals surface area contributed by atoms with Crippen LogP contribution in [-0.4, -0.2) is 37.7 Å². The van der Waals surface area contributed by atoms with Gasteiger partial charge in [-0.15, -0.1) is 0 Å². The maximum Gasteiger partial charge on any atom is 0.331 e. The van der Waals surface area contributed by atoms with E-state index >= 15 is 0 Å². The predicted molar refractivity (Wildman–Crippen MR) is 88.4 cm³/mol. The minimum Gasteiger partial charge on any atom is -0.452 e. The number of hydrogen-bond donors (Lipinski definition) is 1. The predicted octanol–water partition coefficient (Wildman–Crippen LogP) is 2.85. The molecule has 0 radical (unpaired) electrons. The number of amides is 1. The zero-order chi connectivity index (χ0) is 16.7. The Morgan fingerprint density at radius 1 is 1.39 bits per heavy atom. The fourth-order valence-corrected chi connectivity index (χ4v) is 2.53. The quantitative estimate of drug-likeness (QED) is 0.627. The first-order chi connectivity index (χ1) is 11.0. The minimum atomic E-state index is -0.622. The van der Waals surface area contributed by atoms with Gasteiger partial charge in [0, 0.05) is 29.3 Å². The van der Waals surface area contributed by atoms with E-state index in [-0.39, 0.29) is 18.6 Å². The number of benzene rings is 1. The SMILES string of the molecule is O=C(COC(=O)/C=C/c1ccc(Cl)cc1Cl)NC[C@@H]1CCCO1. The highest BCUT2D eigenvalue weighted by Gasteiger charge is 2.16. The van der Waals surface area contributed by atoms with Crippen molar-refractivity contribution in [1.29, 1.82) is 0 Å². The van der Waals surface area contributed by atoms with Crippen LogP contribution < -0.4 is 5.32 Å². The molecule has 124 valence electrons. The van der Waals surface area contributed by atoms with E-state index in [2.05, 4.69) is 5.32 Å². The van der Waals surface area contributed by atoms with Crippen LogP contribution in [0.3, 0.4) is 0 Å². The van der Waals surface area contributed by atoms with E-state index in [4.69, 9.17) is 32.7 Å². The fourth-order valence-electron chi connectivity index (χ4n) is 2.06. The number of hydrogen-bond acceptors (Lipinski definition) is 4. The van der Waals surface area contributed by atoms with Crippen molar-refractivity contribution in [3.05, 3.63) is 39.9 Å². The molecule has 0 saturated carbocycles. The summed E-state index contributed by atoms with van der Waals surface area (Å²) in [6, 6.07) is 4.92. The first kappa shape index (κ1) is 17.8. The average molecular weight is 358 g/mol. The Hall–Kier alpha value is -1.56. The van der Waals surface area contributed by atoms with E-state index in [1.54, 1.807) is 18.2 Å². The molecule has 2 rings (SSSR count). The Bertz CT molecular complexity index is 598. The largest absolute Gasteiger partial charge is 0.452 e. The molecule has 5 nitrogen and oxygen atoms in total. The summed E-state index contributed by atoms with van der Waals surface area (Å²) in [5.74, 6) is -0.977. The molecule has 0 aromatic heterocycles. The monoisotopic (exact) mass is 357 g/mol. The summed E-state index contributed by atoms with van der Waals surface area (Å²) >= 11 is 11.8. The van der Waals surface area contributed by atoms with E-state index in [0.29, 0.717) is 22.2 Å². The smallest absolute Gasteiger partial charge is 0.331 e. The van der Waals surface area contributed by atoms with E-state index in [1.165, 1.54) is 12.2 Å². The van der Waals surface area contributed by atoms with Crippen LogP contribution in [0, 0.1) is 0 Å². The molecule has 0 unspecified atom stereocenters. The molecule has 1 saturated heterocycles. The maximum absolute atomic E-state index is 11.6. The highest BCUT2D eigenvalue weighted by atomic mass is 35.5. The number of esters is 1. The van der Waals surface area contributed by atoms with Gasteiger partial charge in [0.15, 0.2) is 6.61 Å². The number of halogens is 2. The van der Waals surface area contributed by atoms with Gasteiger partial charge in [-0.3, -0.25) is 4.79 Å². The van der Waals surface area contributed by atoms with Crippen molar-refractivity contribution in [3.63, 3.8) is 0 Å². The Morgan fingerprint density at radius 3 is 2.91 bits per heavy atom. The number of ether oxygens (including phenoxy) is 2. The summed E-state index contributed by atoms with van der Waals surface area (Å²) in [5, 5.41) is 3.61. The number of carbonyl (C=O) groups excluding carboxylic acids is 2. The van der Waals surface area contributed by atoms with Gasteiger partial charge in [0.2, 0.25) is 0 Å². The van der Waals surface area contributed by atoms with Gasteiger partial charge >= 0.3 is 5.97 Å². The number of carbonyl (C=O) groups is 2.